The third-order valence-corrected chi connectivity index (χ3v) is 5.80. The molecule has 148 valence electrons. The van der Waals surface area contributed by atoms with Gasteiger partial charge in [0.1, 0.15) is 0 Å². The maximum atomic E-state index is 12.9. The van der Waals surface area contributed by atoms with Crippen LogP contribution in [0, 0.1) is 13.8 Å². The number of hydrogen-bond acceptors (Lipinski definition) is 0. The lowest BCUT2D eigenvalue weighted by atomic mass is 9.82. The molecule has 0 aromatic heterocycles. The molecule has 1 aliphatic carbocycles. The molecular weight excluding hydrogens is 357 g/mol. The van der Waals surface area contributed by atoms with E-state index >= 15 is 0 Å². The molecule has 0 saturated heterocycles. The smallest absolute Gasteiger partial charge is 0.166 e. The van der Waals surface area contributed by atoms with Crippen molar-refractivity contribution >= 4 is 11.1 Å². The van der Waals surface area contributed by atoms with Crippen molar-refractivity contribution in [2.45, 2.75) is 58.5 Å². The number of benzene rings is 2. The summed E-state index contributed by atoms with van der Waals surface area (Å²) >= 11 is 0. The fourth-order valence-electron chi connectivity index (χ4n) is 4.33. The second kappa shape index (κ2) is 7.98. The quantitative estimate of drug-likeness (QED) is 0.495. The zero-order valence-corrected chi connectivity index (χ0v) is 16.7. The fraction of sp³-hybridized carbons (Fsp3) is 0.360. The van der Waals surface area contributed by atoms with Gasteiger partial charge in [-0.3, -0.25) is 0 Å². The summed E-state index contributed by atoms with van der Waals surface area (Å²) in [5.74, 6) is 0. The SMILES string of the molecule is C=C(CCC(=C)c1c(C)cc2c(c1C)CCCC2)c1cccc(C(F)(F)F)c1. The monoisotopic (exact) mass is 384 g/mol. The highest BCUT2D eigenvalue weighted by Crippen LogP contribution is 2.35. The van der Waals surface area contributed by atoms with Gasteiger partial charge in [0, 0.05) is 0 Å². The van der Waals surface area contributed by atoms with Crippen LogP contribution in [0.5, 0.6) is 0 Å². The molecule has 0 unspecified atom stereocenters. The third-order valence-electron chi connectivity index (χ3n) is 5.80. The highest BCUT2D eigenvalue weighted by Gasteiger charge is 2.30. The van der Waals surface area contributed by atoms with Crippen LogP contribution in [-0.4, -0.2) is 0 Å². The van der Waals surface area contributed by atoms with Gasteiger partial charge in [-0.15, -0.1) is 0 Å². The number of aryl methyl sites for hydroxylation is 2. The van der Waals surface area contributed by atoms with E-state index in [2.05, 4.69) is 33.1 Å². The van der Waals surface area contributed by atoms with E-state index in [1.165, 1.54) is 52.8 Å². The van der Waals surface area contributed by atoms with Crippen molar-refractivity contribution in [3.8, 4) is 0 Å². The van der Waals surface area contributed by atoms with Gasteiger partial charge >= 0.3 is 6.18 Å². The summed E-state index contributed by atoms with van der Waals surface area (Å²) in [6.07, 6.45) is 1.70. The predicted octanol–water partition coefficient (Wildman–Crippen LogP) is 7.71. The number of allylic oxidation sites excluding steroid dienone is 2. The van der Waals surface area contributed by atoms with Crippen LogP contribution in [0.3, 0.4) is 0 Å². The van der Waals surface area contributed by atoms with Gasteiger partial charge in [-0.1, -0.05) is 31.4 Å². The van der Waals surface area contributed by atoms with Crippen LogP contribution in [-0.2, 0) is 19.0 Å². The number of fused-ring (bicyclic) bond motifs is 1. The van der Waals surface area contributed by atoms with E-state index in [4.69, 9.17) is 0 Å². The average molecular weight is 384 g/mol. The Balaban J connectivity index is 1.75. The summed E-state index contributed by atoms with van der Waals surface area (Å²) in [7, 11) is 0. The summed E-state index contributed by atoms with van der Waals surface area (Å²) < 4.78 is 38.8. The zero-order valence-electron chi connectivity index (χ0n) is 16.7. The van der Waals surface area contributed by atoms with Crippen molar-refractivity contribution in [1.82, 2.24) is 0 Å². The topological polar surface area (TPSA) is 0 Å². The van der Waals surface area contributed by atoms with Crippen LogP contribution in [0.4, 0.5) is 13.2 Å². The molecule has 3 rings (SSSR count). The van der Waals surface area contributed by atoms with Crippen LogP contribution >= 0.6 is 0 Å². The Morgan fingerprint density at radius 2 is 1.64 bits per heavy atom. The molecule has 0 heterocycles. The molecule has 0 aliphatic heterocycles. The van der Waals surface area contributed by atoms with Gasteiger partial charge in [0.2, 0.25) is 0 Å². The number of hydrogen-bond donors (Lipinski definition) is 0. The van der Waals surface area contributed by atoms with Gasteiger partial charge in [0.15, 0.2) is 0 Å². The molecule has 3 heteroatoms. The molecular formula is C25H27F3. The Bertz CT molecular complexity index is 916. The Labute approximate surface area is 165 Å². The van der Waals surface area contributed by atoms with Crippen molar-refractivity contribution in [3.05, 3.63) is 82.4 Å². The zero-order chi connectivity index (χ0) is 20.5. The maximum Gasteiger partial charge on any atom is 0.416 e. The van der Waals surface area contributed by atoms with E-state index in [1.807, 2.05) is 0 Å². The summed E-state index contributed by atoms with van der Waals surface area (Å²) in [5.41, 5.74) is 8.37. The molecule has 28 heavy (non-hydrogen) atoms. The van der Waals surface area contributed by atoms with Crippen molar-refractivity contribution in [2.24, 2.45) is 0 Å². The predicted molar refractivity (Wildman–Crippen MR) is 111 cm³/mol. The second-order valence-corrected chi connectivity index (χ2v) is 7.82. The first-order valence-corrected chi connectivity index (χ1v) is 9.84. The second-order valence-electron chi connectivity index (χ2n) is 7.82. The Morgan fingerprint density at radius 3 is 2.36 bits per heavy atom. The standard InChI is InChI=1S/C25H27F3/c1-16(20-9-7-10-22(15-20)25(26,27)28)12-13-17(2)24-18(3)14-21-8-5-6-11-23(21)19(24)4/h7,9-10,14-15H,1-2,5-6,8,11-13H2,3-4H3. The summed E-state index contributed by atoms with van der Waals surface area (Å²) in [6, 6.07) is 7.70. The molecule has 0 spiro atoms. The molecule has 0 nitrogen and oxygen atoms in total. The normalized spacial score (nSPS) is 13.9. The summed E-state index contributed by atoms with van der Waals surface area (Å²) in [6.45, 7) is 12.6. The Kier molecular flexibility index (Phi) is 5.83. The molecule has 1 aliphatic rings. The van der Waals surface area contributed by atoms with E-state index in [0.717, 1.165) is 24.5 Å². The Hall–Kier alpha value is -2.29. The Morgan fingerprint density at radius 1 is 0.964 bits per heavy atom. The van der Waals surface area contributed by atoms with E-state index in [-0.39, 0.29) is 0 Å². The van der Waals surface area contributed by atoms with Crippen molar-refractivity contribution < 1.29 is 13.2 Å². The first kappa shape index (κ1) is 20.4. The van der Waals surface area contributed by atoms with Crippen molar-refractivity contribution in [3.63, 3.8) is 0 Å². The van der Waals surface area contributed by atoms with Gasteiger partial charge in [-0.05, 0) is 109 Å². The van der Waals surface area contributed by atoms with E-state index in [0.29, 0.717) is 24.0 Å². The highest BCUT2D eigenvalue weighted by molar-refractivity contribution is 5.73. The lowest BCUT2D eigenvalue weighted by Gasteiger charge is -2.23. The van der Waals surface area contributed by atoms with E-state index < -0.39 is 11.7 Å². The molecule has 0 fully saturated rings. The van der Waals surface area contributed by atoms with Crippen LogP contribution in [0.25, 0.3) is 11.1 Å². The van der Waals surface area contributed by atoms with Gasteiger partial charge in [-0.2, -0.15) is 13.2 Å². The van der Waals surface area contributed by atoms with Gasteiger partial charge in [0.25, 0.3) is 0 Å². The largest absolute Gasteiger partial charge is 0.416 e. The molecule has 0 saturated carbocycles. The molecule has 0 radical (unpaired) electrons. The fourth-order valence-corrected chi connectivity index (χ4v) is 4.33. The molecule has 0 bridgehead atoms. The minimum atomic E-state index is -4.34. The molecule has 0 atom stereocenters. The first-order valence-electron chi connectivity index (χ1n) is 9.84. The number of rotatable bonds is 5. The first-order chi connectivity index (χ1) is 13.2. The van der Waals surface area contributed by atoms with Crippen LogP contribution in [0.1, 0.15) is 64.6 Å². The van der Waals surface area contributed by atoms with Crippen molar-refractivity contribution in [2.75, 3.05) is 0 Å². The minimum Gasteiger partial charge on any atom is -0.166 e. The molecule has 2 aromatic rings. The van der Waals surface area contributed by atoms with Gasteiger partial charge in [0.05, 0.1) is 5.56 Å². The van der Waals surface area contributed by atoms with Crippen molar-refractivity contribution in [1.29, 1.82) is 0 Å². The number of halogens is 3. The van der Waals surface area contributed by atoms with Crippen LogP contribution in [0.15, 0.2) is 43.5 Å². The number of alkyl halides is 3. The van der Waals surface area contributed by atoms with Gasteiger partial charge < -0.3 is 0 Å². The molecule has 2 aromatic carbocycles. The lowest BCUT2D eigenvalue weighted by Crippen LogP contribution is -2.08. The van der Waals surface area contributed by atoms with Gasteiger partial charge in [-0.25, -0.2) is 0 Å². The van der Waals surface area contributed by atoms with Crippen LogP contribution in [0.2, 0.25) is 0 Å². The highest BCUT2D eigenvalue weighted by atomic mass is 19.4. The molecule has 0 N–H and O–H groups in total. The third kappa shape index (κ3) is 4.24. The maximum absolute atomic E-state index is 12.9. The average Bonchev–Trinajstić information content (AvgIpc) is 2.65. The molecule has 0 amide bonds. The summed E-state index contributed by atoms with van der Waals surface area (Å²) in [5, 5.41) is 0. The lowest BCUT2D eigenvalue weighted by molar-refractivity contribution is -0.137. The minimum absolute atomic E-state index is 0.543. The van der Waals surface area contributed by atoms with E-state index in [1.54, 1.807) is 6.07 Å². The summed E-state index contributed by atoms with van der Waals surface area (Å²) in [4.78, 5) is 0. The van der Waals surface area contributed by atoms with E-state index in [9.17, 15) is 13.2 Å². The van der Waals surface area contributed by atoms with Crippen LogP contribution < -0.4 is 0 Å².